The molecule has 86 valence electrons. The van der Waals surface area contributed by atoms with Gasteiger partial charge in [0.05, 0.1) is 5.69 Å². The normalized spacial score (nSPS) is 11.9. The summed E-state index contributed by atoms with van der Waals surface area (Å²) in [5.74, 6) is 0.932. The van der Waals surface area contributed by atoms with E-state index in [4.69, 9.17) is 0 Å². The second-order valence-corrected chi connectivity index (χ2v) is 4.99. The van der Waals surface area contributed by atoms with E-state index in [2.05, 4.69) is 48.9 Å². The Morgan fingerprint density at radius 2 is 1.75 bits per heavy atom. The molecule has 0 aliphatic carbocycles. The van der Waals surface area contributed by atoms with Gasteiger partial charge in [0.15, 0.2) is 0 Å². The Balaban J connectivity index is 2.75. The van der Waals surface area contributed by atoms with Crippen molar-refractivity contribution in [2.24, 2.45) is 0 Å². The Labute approximate surface area is 96.3 Å². The average molecular weight is 217 g/mol. The number of hydrogen-bond donors (Lipinski definition) is 1. The predicted molar refractivity (Wildman–Crippen MR) is 66.8 cm³/mol. The Kier molecular flexibility index (Phi) is 2.70. The third-order valence-electron chi connectivity index (χ3n) is 2.95. The molecule has 0 atom stereocenters. The number of hydrogen-bond acceptors (Lipinski definition) is 2. The van der Waals surface area contributed by atoms with Gasteiger partial charge >= 0.3 is 0 Å². The van der Waals surface area contributed by atoms with E-state index in [0.717, 1.165) is 22.4 Å². The van der Waals surface area contributed by atoms with Crippen LogP contribution in [0.2, 0.25) is 0 Å². The van der Waals surface area contributed by atoms with Crippen molar-refractivity contribution in [3.05, 3.63) is 23.0 Å². The van der Waals surface area contributed by atoms with Gasteiger partial charge in [0.2, 0.25) is 0 Å². The van der Waals surface area contributed by atoms with Gasteiger partial charge < -0.3 is 0 Å². The first kappa shape index (κ1) is 11.1. The quantitative estimate of drug-likeness (QED) is 0.836. The first-order valence-electron chi connectivity index (χ1n) is 5.86. The lowest BCUT2D eigenvalue weighted by Gasteiger charge is -2.11. The van der Waals surface area contributed by atoms with Crippen LogP contribution in [0.25, 0.3) is 11.0 Å². The fourth-order valence-corrected chi connectivity index (χ4v) is 1.89. The summed E-state index contributed by atoms with van der Waals surface area (Å²) in [7, 11) is 0. The highest BCUT2D eigenvalue weighted by molar-refractivity contribution is 5.80. The van der Waals surface area contributed by atoms with Gasteiger partial charge in [0, 0.05) is 5.69 Å². The fourth-order valence-electron chi connectivity index (χ4n) is 1.89. The lowest BCUT2D eigenvalue weighted by molar-refractivity contribution is 0.810. The Morgan fingerprint density at radius 3 is 2.31 bits per heavy atom. The maximum Gasteiger partial charge on any atom is 0.114 e. The molecule has 1 N–H and O–H groups in total. The van der Waals surface area contributed by atoms with E-state index in [9.17, 15) is 0 Å². The van der Waals surface area contributed by atoms with Gasteiger partial charge in [0.1, 0.15) is 11.0 Å². The van der Waals surface area contributed by atoms with Crippen LogP contribution in [-0.2, 0) is 0 Å². The summed E-state index contributed by atoms with van der Waals surface area (Å²) in [6.07, 6.45) is 0. The van der Waals surface area contributed by atoms with Crippen LogP contribution in [0.1, 0.15) is 56.5 Å². The molecular weight excluding hydrogens is 198 g/mol. The summed E-state index contributed by atoms with van der Waals surface area (Å²) in [5.41, 5.74) is 5.55. The molecule has 0 amide bonds. The summed E-state index contributed by atoms with van der Waals surface area (Å²) in [4.78, 5) is 4.68. The molecular formula is C13H19N3. The van der Waals surface area contributed by atoms with Gasteiger partial charge in [-0.25, -0.2) is 4.98 Å². The molecule has 2 aromatic rings. The predicted octanol–water partition coefficient (Wildman–Crippen LogP) is 3.51. The Hall–Kier alpha value is -1.38. The lowest BCUT2D eigenvalue weighted by atomic mass is 9.98. The number of rotatable bonds is 2. The summed E-state index contributed by atoms with van der Waals surface area (Å²) in [6.45, 7) is 10.8. The van der Waals surface area contributed by atoms with Crippen LogP contribution in [0.15, 0.2) is 6.07 Å². The fraction of sp³-hybridized carbons (Fsp3) is 0.538. The van der Waals surface area contributed by atoms with Crippen molar-refractivity contribution in [2.75, 3.05) is 0 Å². The monoisotopic (exact) mass is 217 g/mol. The summed E-state index contributed by atoms with van der Waals surface area (Å²) in [6, 6.07) is 2.19. The van der Waals surface area contributed by atoms with E-state index in [-0.39, 0.29) is 0 Å². The van der Waals surface area contributed by atoms with E-state index >= 15 is 0 Å². The Morgan fingerprint density at radius 1 is 1.06 bits per heavy atom. The molecule has 0 fully saturated rings. The number of H-pyrrole nitrogens is 1. The third-order valence-corrected chi connectivity index (χ3v) is 2.95. The molecule has 2 rings (SSSR count). The average Bonchev–Trinajstić information content (AvgIpc) is 2.59. The number of aryl methyl sites for hydroxylation is 1. The maximum atomic E-state index is 4.68. The van der Waals surface area contributed by atoms with Gasteiger partial charge in [-0.05, 0) is 30.4 Å². The van der Waals surface area contributed by atoms with Gasteiger partial charge in [0.25, 0.3) is 0 Å². The van der Waals surface area contributed by atoms with Crippen LogP contribution in [-0.4, -0.2) is 15.2 Å². The summed E-state index contributed by atoms with van der Waals surface area (Å²) >= 11 is 0. The summed E-state index contributed by atoms with van der Waals surface area (Å²) in [5, 5.41) is 7.38. The zero-order valence-corrected chi connectivity index (χ0v) is 10.6. The van der Waals surface area contributed by atoms with Crippen molar-refractivity contribution in [3.8, 4) is 0 Å². The number of nitrogens with zero attached hydrogens (tertiary/aromatic N) is 2. The maximum absolute atomic E-state index is 4.68. The van der Waals surface area contributed by atoms with Crippen LogP contribution in [0, 0.1) is 6.92 Å². The number of aromatic nitrogens is 3. The molecule has 3 nitrogen and oxygen atoms in total. The summed E-state index contributed by atoms with van der Waals surface area (Å²) < 4.78 is 0. The SMILES string of the molecule is Cc1[nH]nc2c(C(C)C)cc(C(C)C)nc12. The van der Waals surface area contributed by atoms with Gasteiger partial charge in [-0.1, -0.05) is 27.7 Å². The molecule has 0 saturated heterocycles. The lowest BCUT2D eigenvalue weighted by Crippen LogP contribution is -1.98. The molecule has 0 aromatic carbocycles. The molecule has 0 radical (unpaired) electrons. The van der Waals surface area contributed by atoms with Crippen molar-refractivity contribution in [2.45, 2.75) is 46.5 Å². The van der Waals surface area contributed by atoms with Gasteiger partial charge in [-0.15, -0.1) is 0 Å². The smallest absolute Gasteiger partial charge is 0.114 e. The standard InChI is InChI=1S/C13H19N3/c1-7(2)10-6-11(8(3)4)14-12-9(5)15-16-13(10)12/h6-8H,1-5H3,(H,15,16). The zero-order chi connectivity index (χ0) is 11.9. The Bertz CT molecular complexity index is 509. The molecule has 2 aromatic heterocycles. The molecule has 0 aliphatic rings. The minimum Gasteiger partial charge on any atom is -0.280 e. The molecule has 0 aliphatic heterocycles. The van der Waals surface area contributed by atoms with Crippen molar-refractivity contribution in [1.82, 2.24) is 15.2 Å². The highest BCUT2D eigenvalue weighted by Gasteiger charge is 2.14. The van der Waals surface area contributed by atoms with Crippen LogP contribution in [0.5, 0.6) is 0 Å². The van der Waals surface area contributed by atoms with Crippen molar-refractivity contribution >= 4 is 11.0 Å². The van der Waals surface area contributed by atoms with Crippen LogP contribution in [0.3, 0.4) is 0 Å². The van der Waals surface area contributed by atoms with E-state index in [1.165, 1.54) is 5.56 Å². The van der Waals surface area contributed by atoms with E-state index in [1.54, 1.807) is 0 Å². The largest absolute Gasteiger partial charge is 0.280 e. The minimum atomic E-state index is 0.455. The molecule has 0 saturated carbocycles. The van der Waals surface area contributed by atoms with Gasteiger partial charge in [-0.2, -0.15) is 5.10 Å². The molecule has 0 bridgehead atoms. The van der Waals surface area contributed by atoms with E-state index in [1.807, 2.05) is 6.92 Å². The second-order valence-electron chi connectivity index (χ2n) is 4.99. The van der Waals surface area contributed by atoms with E-state index < -0.39 is 0 Å². The third kappa shape index (κ3) is 1.70. The van der Waals surface area contributed by atoms with Crippen molar-refractivity contribution in [1.29, 1.82) is 0 Å². The minimum absolute atomic E-state index is 0.455. The highest BCUT2D eigenvalue weighted by atomic mass is 15.1. The highest BCUT2D eigenvalue weighted by Crippen LogP contribution is 2.27. The van der Waals surface area contributed by atoms with Crippen LogP contribution in [0.4, 0.5) is 0 Å². The number of nitrogens with one attached hydrogen (secondary N) is 1. The molecule has 16 heavy (non-hydrogen) atoms. The zero-order valence-electron chi connectivity index (χ0n) is 10.6. The topological polar surface area (TPSA) is 41.6 Å². The molecule has 0 spiro atoms. The van der Waals surface area contributed by atoms with Gasteiger partial charge in [-0.3, -0.25) is 5.10 Å². The van der Waals surface area contributed by atoms with Crippen LogP contribution < -0.4 is 0 Å². The van der Waals surface area contributed by atoms with E-state index in [0.29, 0.717) is 11.8 Å². The van der Waals surface area contributed by atoms with Crippen molar-refractivity contribution in [3.63, 3.8) is 0 Å². The number of fused-ring (bicyclic) bond motifs is 1. The first-order valence-corrected chi connectivity index (χ1v) is 5.86. The molecule has 3 heteroatoms. The molecule has 2 heterocycles. The number of pyridine rings is 1. The first-order chi connectivity index (χ1) is 7.50. The van der Waals surface area contributed by atoms with Crippen molar-refractivity contribution < 1.29 is 0 Å². The van der Waals surface area contributed by atoms with Crippen LogP contribution >= 0.6 is 0 Å². The second kappa shape index (κ2) is 3.89. The molecule has 0 unspecified atom stereocenters. The number of aromatic amines is 1.